The molecule has 1 saturated heterocycles. The minimum atomic E-state index is -0.520. The van der Waals surface area contributed by atoms with Crippen LogP contribution < -0.4 is 14.8 Å². The van der Waals surface area contributed by atoms with E-state index >= 15 is 0 Å². The summed E-state index contributed by atoms with van der Waals surface area (Å²) in [5.74, 6) is 0.584. The highest BCUT2D eigenvalue weighted by molar-refractivity contribution is 5.97. The van der Waals surface area contributed by atoms with Crippen molar-refractivity contribution in [1.29, 1.82) is 0 Å². The molecule has 0 unspecified atom stereocenters. The molecule has 1 fully saturated rings. The lowest BCUT2D eigenvalue weighted by Crippen LogP contribution is -2.58. The normalized spacial score (nSPS) is 18.7. The summed E-state index contributed by atoms with van der Waals surface area (Å²) in [4.78, 5) is 48.2. The zero-order chi connectivity index (χ0) is 32.9. The molecule has 4 bridgehead atoms. The van der Waals surface area contributed by atoms with Gasteiger partial charge in [0.25, 0.3) is 11.8 Å². The van der Waals surface area contributed by atoms with Crippen LogP contribution in [0.5, 0.6) is 17.2 Å². The quantitative estimate of drug-likeness (QED) is 0.327. The van der Waals surface area contributed by atoms with E-state index in [0.717, 1.165) is 5.56 Å². The number of hydrogen-bond acceptors (Lipinski definition) is 8. The van der Waals surface area contributed by atoms with E-state index in [-0.39, 0.29) is 49.6 Å². The van der Waals surface area contributed by atoms with Gasteiger partial charge in [0.1, 0.15) is 28.6 Å². The highest BCUT2D eigenvalue weighted by atomic mass is 16.5. The first-order chi connectivity index (χ1) is 22.7. The van der Waals surface area contributed by atoms with Crippen molar-refractivity contribution in [3.05, 3.63) is 89.7 Å². The number of rotatable bonds is 5. The summed E-state index contributed by atoms with van der Waals surface area (Å²) in [6.45, 7) is 6.66. The van der Waals surface area contributed by atoms with Crippen molar-refractivity contribution in [2.45, 2.75) is 52.0 Å². The number of fused-ring (bicyclic) bond motifs is 5. The standard InChI is InChI=1S/C35H38N6O6/c1-4-40-20-33(42)37-31-19-41(35(44)30-18-29(38-39-30)28-10-5-6-12-36-28)13-11-32(31)45-21-23-8-7-9-25(14-23)47-27-16-24(34(40)43)15-26(17-27)46-22(2)3/h5-10,12,14-18,22,31-32H,4,11,13,19-21H2,1-3H3,(H,37,42)(H,38,39)/t31-,32-/m0/s1. The van der Waals surface area contributed by atoms with E-state index in [2.05, 4.69) is 20.5 Å². The molecule has 0 spiro atoms. The molecule has 2 aromatic heterocycles. The molecule has 0 aliphatic carbocycles. The Morgan fingerprint density at radius 3 is 2.70 bits per heavy atom. The van der Waals surface area contributed by atoms with Crippen LogP contribution in [0.1, 0.15) is 53.6 Å². The molecule has 6 rings (SSSR count). The zero-order valence-electron chi connectivity index (χ0n) is 26.6. The summed E-state index contributed by atoms with van der Waals surface area (Å²) in [6.07, 6.45) is 1.67. The van der Waals surface area contributed by atoms with E-state index in [1.54, 1.807) is 35.4 Å². The fourth-order valence-electron chi connectivity index (χ4n) is 5.77. The van der Waals surface area contributed by atoms with Gasteiger partial charge in [-0.3, -0.25) is 24.5 Å². The van der Waals surface area contributed by atoms with Crippen LogP contribution in [0, 0.1) is 0 Å². The van der Waals surface area contributed by atoms with Crippen LogP contribution in [0.15, 0.2) is 72.9 Å². The van der Waals surface area contributed by atoms with Gasteiger partial charge in [0.2, 0.25) is 5.91 Å². The topological polar surface area (TPSA) is 139 Å². The Bertz CT molecular complexity index is 1740. The third-order valence-corrected chi connectivity index (χ3v) is 8.02. The average molecular weight is 639 g/mol. The maximum atomic E-state index is 13.7. The number of carbonyl (C=O) groups excluding carboxylic acids is 3. The van der Waals surface area contributed by atoms with Crippen LogP contribution in [0.3, 0.4) is 0 Å². The maximum absolute atomic E-state index is 13.7. The van der Waals surface area contributed by atoms with Crippen molar-refractivity contribution in [3.8, 4) is 28.6 Å². The number of carbonyl (C=O) groups is 3. The number of pyridine rings is 1. The van der Waals surface area contributed by atoms with Gasteiger partial charge in [0, 0.05) is 37.5 Å². The number of H-pyrrole nitrogens is 1. The van der Waals surface area contributed by atoms with Crippen LogP contribution in [0.4, 0.5) is 0 Å². The first-order valence-corrected chi connectivity index (χ1v) is 15.8. The van der Waals surface area contributed by atoms with Crippen LogP contribution >= 0.6 is 0 Å². The van der Waals surface area contributed by atoms with Crippen molar-refractivity contribution in [2.24, 2.45) is 0 Å². The number of likely N-dealkylation sites (N-methyl/N-ethyl adjacent to an activating group) is 1. The summed E-state index contributed by atoms with van der Waals surface area (Å²) < 4.78 is 18.5. The number of aromatic nitrogens is 3. The molecule has 2 aromatic carbocycles. The van der Waals surface area contributed by atoms with Gasteiger partial charge in [-0.15, -0.1) is 0 Å². The summed E-state index contributed by atoms with van der Waals surface area (Å²) in [7, 11) is 0. The van der Waals surface area contributed by atoms with E-state index < -0.39 is 6.04 Å². The van der Waals surface area contributed by atoms with Crippen LogP contribution in [-0.4, -0.2) is 87.1 Å². The largest absolute Gasteiger partial charge is 0.491 e. The number of benzene rings is 2. The van der Waals surface area contributed by atoms with Crippen molar-refractivity contribution >= 4 is 17.7 Å². The van der Waals surface area contributed by atoms with Gasteiger partial charge in [0.05, 0.1) is 37.1 Å². The van der Waals surface area contributed by atoms with Crippen molar-refractivity contribution in [2.75, 3.05) is 26.2 Å². The van der Waals surface area contributed by atoms with Crippen molar-refractivity contribution in [3.63, 3.8) is 0 Å². The number of nitrogens with one attached hydrogen (secondary N) is 2. The summed E-state index contributed by atoms with van der Waals surface area (Å²) >= 11 is 0. The predicted octanol–water partition coefficient (Wildman–Crippen LogP) is 4.44. The van der Waals surface area contributed by atoms with Crippen LogP contribution in [-0.2, 0) is 16.1 Å². The molecule has 4 heterocycles. The van der Waals surface area contributed by atoms with Gasteiger partial charge >= 0.3 is 0 Å². The van der Waals surface area contributed by atoms with E-state index in [4.69, 9.17) is 14.2 Å². The molecule has 47 heavy (non-hydrogen) atoms. The molecule has 2 atom stereocenters. The Morgan fingerprint density at radius 1 is 1.04 bits per heavy atom. The third-order valence-electron chi connectivity index (χ3n) is 8.02. The SMILES string of the molecule is CCN1CC(=O)N[C@H]2CN(C(=O)c3cc(-c4ccccn4)n[nH]3)CC[C@@H]2OCc2cccc(c2)Oc2cc(OC(C)C)cc(c2)C1=O. The molecule has 0 saturated carbocycles. The van der Waals surface area contributed by atoms with Crippen LogP contribution in [0.25, 0.3) is 11.4 Å². The maximum Gasteiger partial charge on any atom is 0.271 e. The van der Waals surface area contributed by atoms with Crippen molar-refractivity contribution in [1.82, 2.24) is 30.3 Å². The zero-order valence-corrected chi connectivity index (χ0v) is 26.6. The molecule has 4 aromatic rings. The smallest absolute Gasteiger partial charge is 0.271 e. The van der Waals surface area contributed by atoms with E-state index in [1.807, 2.05) is 63.2 Å². The monoisotopic (exact) mass is 638 g/mol. The van der Waals surface area contributed by atoms with Gasteiger partial charge in [-0.05, 0) is 75.2 Å². The number of aromatic amines is 1. The molecule has 12 heteroatoms. The number of amides is 3. The third kappa shape index (κ3) is 7.60. The van der Waals surface area contributed by atoms with Gasteiger partial charge < -0.3 is 29.3 Å². The van der Waals surface area contributed by atoms with E-state index in [0.29, 0.717) is 59.4 Å². The molecule has 3 amide bonds. The Morgan fingerprint density at radius 2 is 1.91 bits per heavy atom. The molecule has 2 aliphatic rings. The Kier molecular flexibility index (Phi) is 9.48. The predicted molar refractivity (Wildman–Crippen MR) is 173 cm³/mol. The highest BCUT2D eigenvalue weighted by Crippen LogP contribution is 2.30. The first kappa shape index (κ1) is 31.7. The van der Waals surface area contributed by atoms with Crippen molar-refractivity contribution < 1.29 is 28.6 Å². The molecular formula is C35H38N6O6. The Hall–Kier alpha value is -5.23. The number of likely N-dealkylation sites (tertiary alicyclic amines) is 1. The van der Waals surface area contributed by atoms with Crippen LogP contribution in [0.2, 0.25) is 0 Å². The Labute approximate surface area is 273 Å². The second-order valence-electron chi connectivity index (χ2n) is 11.9. The number of ether oxygens (including phenoxy) is 3. The van der Waals surface area contributed by atoms with Gasteiger partial charge in [-0.2, -0.15) is 5.10 Å². The fraction of sp³-hybridized carbons (Fsp3) is 0.343. The number of piperidine rings is 1. The average Bonchev–Trinajstić information content (AvgIpc) is 3.56. The molecule has 2 N–H and O–H groups in total. The number of nitrogens with zero attached hydrogens (tertiary/aromatic N) is 4. The molecule has 244 valence electrons. The molecular weight excluding hydrogens is 600 g/mol. The fourth-order valence-corrected chi connectivity index (χ4v) is 5.77. The van der Waals surface area contributed by atoms with E-state index in [9.17, 15) is 14.4 Å². The number of hydrogen-bond donors (Lipinski definition) is 2. The summed E-state index contributed by atoms with van der Waals surface area (Å²) in [5, 5.41) is 10.2. The lowest BCUT2D eigenvalue weighted by molar-refractivity contribution is -0.124. The molecule has 2 aliphatic heterocycles. The minimum Gasteiger partial charge on any atom is -0.491 e. The van der Waals surface area contributed by atoms with Gasteiger partial charge in [0.15, 0.2) is 0 Å². The minimum absolute atomic E-state index is 0.120. The summed E-state index contributed by atoms with van der Waals surface area (Å²) in [5.41, 5.74) is 2.76. The van der Waals surface area contributed by atoms with Gasteiger partial charge in [-0.25, -0.2) is 0 Å². The second kappa shape index (κ2) is 14.0. The highest BCUT2D eigenvalue weighted by Gasteiger charge is 2.35. The Balaban J connectivity index is 1.26. The molecule has 12 nitrogen and oxygen atoms in total. The lowest BCUT2D eigenvalue weighted by atomic mass is 10.0. The second-order valence-corrected chi connectivity index (χ2v) is 11.9. The van der Waals surface area contributed by atoms with E-state index in [1.165, 1.54) is 4.90 Å². The lowest BCUT2D eigenvalue weighted by Gasteiger charge is -2.39. The summed E-state index contributed by atoms with van der Waals surface area (Å²) in [6, 6.07) is 19.2. The molecule has 0 radical (unpaired) electrons. The van der Waals surface area contributed by atoms with Gasteiger partial charge in [-0.1, -0.05) is 18.2 Å². The first-order valence-electron chi connectivity index (χ1n) is 15.8.